The molecule has 0 atom stereocenters. The van der Waals surface area contributed by atoms with Crippen LogP contribution in [0, 0.1) is 0 Å². The molecule has 0 aliphatic carbocycles. The normalized spacial score (nSPS) is 11.8. The number of benzene rings is 1. The molecule has 0 amide bonds. The van der Waals surface area contributed by atoms with Gasteiger partial charge in [0.1, 0.15) is 0 Å². The zero-order valence-corrected chi connectivity index (χ0v) is 13.6. The van der Waals surface area contributed by atoms with E-state index in [0.29, 0.717) is 22.1 Å². The van der Waals surface area contributed by atoms with Gasteiger partial charge in [-0.25, -0.2) is 0 Å². The van der Waals surface area contributed by atoms with Crippen molar-refractivity contribution in [2.75, 3.05) is 0 Å². The van der Waals surface area contributed by atoms with Crippen molar-refractivity contribution in [2.24, 2.45) is 0 Å². The van der Waals surface area contributed by atoms with Crippen LogP contribution in [0.15, 0.2) is 50.0 Å². The predicted octanol–water partition coefficient (Wildman–Crippen LogP) is 5.06. The standard InChI is InChI=1S/C16H15BrN2O2/c1-16(2,3)11-6-4-10(5-7-11)15-18-14(19-21-15)12-8-9-13(17)20-12/h4-9H,1-3H3. The Morgan fingerprint density at radius 1 is 1.00 bits per heavy atom. The van der Waals surface area contributed by atoms with Crippen LogP contribution in [-0.2, 0) is 5.41 Å². The van der Waals surface area contributed by atoms with E-state index < -0.39 is 0 Å². The summed E-state index contributed by atoms with van der Waals surface area (Å²) in [6.07, 6.45) is 0. The summed E-state index contributed by atoms with van der Waals surface area (Å²) in [7, 11) is 0. The summed E-state index contributed by atoms with van der Waals surface area (Å²) in [5.74, 6) is 1.50. The van der Waals surface area contributed by atoms with E-state index in [-0.39, 0.29) is 5.41 Å². The van der Waals surface area contributed by atoms with Gasteiger partial charge in [0, 0.05) is 5.56 Å². The average molecular weight is 347 g/mol. The van der Waals surface area contributed by atoms with Crippen molar-refractivity contribution in [1.29, 1.82) is 0 Å². The van der Waals surface area contributed by atoms with E-state index in [1.54, 1.807) is 12.1 Å². The molecule has 0 spiro atoms. The Morgan fingerprint density at radius 3 is 2.29 bits per heavy atom. The molecule has 0 fully saturated rings. The van der Waals surface area contributed by atoms with Gasteiger partial charge in [-0.3, -0.25) is 0 Å². The van der Waals surface area contributed by atoms with Crippen LogP contribution >= 0.6 is 15.9 Å². The molecule has 1 aromatic carbocycles. The summed E-state index contributed by atoms with van der Waals surface area (Å²) in [4.78, 5) is 4.36. The fourth-order valence-corrected chi connectivity index (χ4v) is 2.29. The van der Waals surface area contributed by atoms with Gasteiger partial charge in [0.2, 0.25) is 5.82 Å². The summed E-state index contributed by atoms with van der Waals surface area (Å²) >= 11 is 3.25. The van der Waals surface area contributed by atoms with E-state index in [4.69, 9.17) is 8.94 Å². The molecule has 2 aromatic heterocycles. The molecule has 0 N–H and O–H groups in total. The van der Waals surface area contributed by atoms with Gasteiger partial charge in [0.25, 0.3) is 5.89 Å². The van der Waals surface area contributed by atoms with E-state index in [1.165, 1.54) is 5.56 Å². The molecule has 0 saturated carbocycles. The quantitative estimate of drug-likeness (QED) is 0.650. The molecule has 0 bridgehead atoms. The molecule has 3 rings (SSSR count). The molecule has 0 unspecified atom stereocenters. The van der Waals surface area contributed by atoms with E-state index in [0.717, 1.165) is 5.56 Å². The Labute approximate surface area is 131 Å². The fourth-order valence-electron chi connectivity index (χ4n) is 1.99. The first-order chi connectivity index (χ1) is 9.93. The van der Waals surface area contributed by atoms with Crippen molar-refractivity contribution in [3.8, 4) is 23.0 Å². The van der Waals surface area contributed by atoms with Gasteiger partial charge in [-0.1, -0.05) is 38.1 Å². The molecule has 5 heteroatoms. The monoisotopic (exact) mass is 346 g/mol. The van der Waals surface area contributed by atoms with Crippen LogP contribution in [0.3, 0.4) is 0 Å². The number of furan rings is 1. The van der Waals surface area contributed by atoms with Crippen molar-refractivity contribution in [3.05, 3.63) is 46.6 Å². The highest BCUT2D eigenvalue weighted by Crippen LogP contribution is 2.28. The summed E-state index contributed by atoms with van der Waals surface area (Å²) in [6.45, 7) is 6.55. The van der Waals surface area contributed by atoms with Gasteiger partial charge in [-0.05, 0) is 51.2 Å². The van der Waals surface area contributed by atoms with Crippen molar-refractivity contribution in [1.82, 2.24) is 10.1 Å². The number of hydrogen-bond acceptors (Lipinski definition) is 4. The first-order valence-electron chi connectivity index (χ1n) is 6.64. The lowest BCUT2D eigenvalue weighted by atomic mass is 9.87. The minimum absolute atomic E-state index is 0.124. The number of hydrogen-bond donors (Lipinski definition) is 0. The van der Waals surface area contributed by atoms with Crippen LogP contribution < -0.4 is 0 Å². The number of rotatable bonds is 2. The molecule has 0 aliphatic rings. The fraction of sp³-hybridized carbons (Fsp3) is 0.250. The van der Waals surface area contributed by atoms with Crippen molar-refractivity contribution < 1.29 is 8.94 Å². The summed E-state index contributed by atoms with van der Waals surface area (Å²) in [6, 6.07) is 11.8. The molecule has 0 saturated heterocycles. The van der Waals surface area contributed by atoms with Gasteiger partial charge in [-0.15, -0.1) is 0 Å². The minimum Gasteiger partial charge on any atom is -0.446 e. The van der Waals surface area contributed by atoms with Crippen LogP contribution in [0.4, 0.5) is 0 Å². The van der Waals surface area contributed by atoms with E-state index in [1.807, 2.05) is 12.1 Å². The topological polar surface area (TPSA) is 52.1 Å². The lowest BCUT2D eigenvalue weighted by molar-refractivity contribution is 0.429. The molecule has 0 aliphatic heterocycles. The highest BCUT2D eigenvalue weighted by Gasteiger charge is 2.16. The highest BCUT2D eigenvalue weighted by molar-refractivity contribution is 9.10. The maximum Gasteiger partial charge on any atom is 0.258 e. The lowest BCUT2D eigenvalue weighted by Gasteiger charge is -2.18. The molecule has 0 radical (unpaired) electrons. The third kappa shape index (κ3) is 2.93. The average Bonchev–Trinajstić information content (AvgIpc) is 3.06. The SMILES string of the molecule is CC(C)(C)c1ccc(-c2nc(-c3ccc(Br)o3)no2)cc1. The number of nitrogens with zero attached hydrogens (tertiary/aromatic N) is 2. The van der Waals surface area contributed by atoms with Crippen LogP contribution in [0.5, 0.6) is 0 Å². The Kier molecular flexibility index (Phi) is 3.45. The first kappa shape index (κ1) is 14.1. The third-order valence-electron chi connectivity index (χ3n) is 3.22. The molecule has 108 valence electrons. The van der Waals surface area contributed by atoms with E-state index >= 15 is 0 Å². The zero-order valence-electron chi connectivity index (χ0n) is 12.1. The Bertz CT molecular complexity index is 751. The lowest BCUT2D eigenvalue weighted by Crippen LogP contribution is -2.10. The first-order valence-corrected chi connectivity index (χ1v) is 7.43. The Hall–Kier alpha value is -1.88. The van der Waals surface area contributed by atoms with Gasteiger partial charge >= 0.3 is 0 Å². The number of aromatic nitrogens is 2. The summed E-state index contributed by atoms with van der Waals surface area (Å²) in [5.41, 5.74) is 2.28. The Balaban J connectivity index is 1.90. The summed E-state index contributed by atoms with van der Waals surface area (Å²) in [5, 5.41) is 3.95. The van der Waals surface area contributed by atoms with Crippen molar-refractivity contribution in [3.63, 3.8) is 0 Å². The summed E-state index contributed by atoms with van der Waals surface area (Å²) < 4.78 is 11.4. The van der Waals surface area contributed by atoms with E-state index in [9.17, 15) is 0 Å². The van der Waals surface area contributed by atoms with Crippen LogP contribution in [0.1, 0.15) is 26.3 Å². The molecule has 4 nitrogen and oxygen atoms in total. The maximum absolute atomic E-state index is 5.41. The third-order valence-corrected chi connectivity index (χ3v) is 3.64. The van der Waals surface area contributed by atoms with Crippen LogP contribution in [0.2, 0.25) is 0 Å². The van der Waals surface area contributed by atoms with Crippen LogP contribution in [-0.4, -0.2) is 10.1 Å². The molecular formula is C16H15BrN2O2. The number of halogens is 1. The van der Waals surface area contributed by atoms with Crippen molar-refractivity contribution in [2.45, 2.75) is 26.2 Å². The van der Waals surface area contributed by atoms with Gasteiger partial charge in [0.15, 0.2) is 10.4 Å². The molecule has 3 aromatic rings. The molecule has 21 heavy (non-hydrogen) atoms. The van der Waals surface area contributed by atoms with Gasteiger partial charge < -0.3 is 8.94 Å². The second-order valence-corrected chi connectivity index (χ2v) is 6.64. The van der Waals surface area contributed by atoms with Gasteiger partial charge in [0.05, 0.1) is 0 Å². The smallest absolute Gasteiger partial charge is 0.258 e. The zero-order chi connectivity index (χ0) is 15.0. The van der Waals surface area contributed by atoms with Gasteiger partial charge in [-0.2, -0.15) is 4.98 Å². The molecular weight excluding hydrogens is 332 g/mol. The van der Waals surface area contributed by atoms with Crippen LogP contribution in [0.25, 0.3) is 23.0 Å². The Morgan fingerprint density at radius 2 is 1.71 bits per heavy atom. The second-order valence-electron chi connectivity index (χ2n) is 5.85. The van der Waals surface area contributed by atoms with Crippen molar-refractivity contribution >= 4 is 15.9 Å². The maximum atomic E-state index is 5.41. The highest BCUT2D eigenvalue weighted by atomic mass is 79.9. The predicted molar refractivity (Wildman–Crippen MR) is 83.8 cm³/mol. The molecule has 2 heterocycles. The van der Waals surface area contributed by atoms with E-state index in [2.05, 4.69) is 59.0 Å². The second kappa shape index (κ2) is 5.15. The largest absolute Gasteiger partial charge is 0.446 e. The minimum atomic E-state index is 0.124.